The van der Waals surface area contributed by atoms with Crippen LogP contribution in [0.15, 0.2) is 0 Å². The number of rotatable bonds is 6. The van der Waals surface area contributed by atoms with Gasteiger partial charge < -0.3 is 21.1 Å². The van der Waals surface area contributed by atoms with E-state index < -0.39 is 6.09 Å². The summed E-state index contributed by atoms with van der Waals surface area (Å²) in [5, 5.41) is 5.93. The first-order chi connectivity index (χ1) is 8.68. The number of hydrogen-bond acceptors (Lipinski definition) is 4. The van der Waals surface area contributed by atoms with E-state index in [1.807, 2.05) is 0 Å². The minimum Gasteiger partial charge on any atom is -0.448 e. The molecule has 1 saturated carbocycles. The highest BCUT2D eigenvalue weighted by Crippen LogP contribution is 2.16. The van der Waals surface area contributed by atoms with E-state index in [0.717, 1.165) is 12.8 Å². The molecule has 0 unspecified atom stereocenters. The smallest absolute Gasteiger partial charge is 0.404 e. The van der Waals surface area contributed by atoms with Crippen molar-refractivity contribution in [3.63, 3.8) is 0 Å². The summed E-state index contributed by atoms with van der Waals surface area (Å²) in [5.74, 6) is 0.000903. The Morgan fingerprint density at radius 2 is 1.83 bits per heavy atom. The monoisotopic (exact) mass is 257 g/mol. The summed E-state index contributed by atoms with van der Waals surface area (Å²) >= 11 is 0. The van der Waals surface area contributed by atoms with Gasteiger partial charge in [0.2, 0.25) is 5.91 Å². The highest BCUT2D eigenvalue weighted by Gasteiger charge is 2.14. The first kappa shape index (κ1) is 14.8. The van der Waals surface area contributed by atoms with Crippen molar-refractivity contribution >= 4 is 12.0 Å². The van der Waals surface area contributed by atoms with Crippen LogP contribution in [0.2, 0.25) is 0 Å². The molecule has 0 radical (unpaired) electrons. The van der Waals surface area contributed by atoms with Crippen LogP contribution in [0.1, 0.15) is 38.5 Å². The fourth-order valence-corrected chi connectivity index (χ4v) is 2.13. The molecular weight excluding hydrogens is 234 g/mol. The van der Waals surface area contributed by atoms with E-state index in [4.69, 9.17) is 5.73 Å². The quantitative estimate of drug-likeness (QED) is 0.477. The Morgan fingerprint density at radius 1 is 1.17 bits per heavy atom. The van der Waals surface area contributed by atoms with E-state index in [9.17, 15) is 9.59 Å². The van der Waals surface area contributed by atoms with Gasteiger partial charge in [0.15, 0.2) is 0 Å². The lowest BCUT2D eigenvalue weighted by atomic mass is 10.1. The zero-order valence-corrected chi connectivity index (χ0v) is 10.7. The van der Waals surface area contributed by atoms with Crippen molar-refractivity contribution in [3.8, 4) is 0 Å². The molecule has 6 nitrogen and oxygen atoms in total. The van der Waals surface area contributed by atoms with Crippen molar-refractivity contribution in [1.29, 1.82) is 0 Å². The van der Waals surface area contributed by atoms with Gasteiger partial charge in [0.1, 0.15) is 6.61 Å². The topological polar surface area (TPSA) is 93.5 Å². The van der Waals surface area contributed by atoms with Crippen LogP contribution in [-0.2, 0) is 9.53 Å². The van der Waals surface area contributed by atoms with Gasteiger partial charge in [0.05, 0.1) is 6.54 Å². The van der Waals surface area contributed by atoms with Crippen molar-refractivity contribution < 1.29 is 14.3 Å². The second-order valence-corrected chi connectivity index (χ2v) is 4.60. The molecule has 1 aliphatic rings. The summed E-state index contributed by atoms with van der Waals surface area (Å²) in [6.45, 7) is 0.867. The summed E-state index contributed by atoms with van der Waals surface area (Å²) in [4.78, 5) is 21.9. The third kappa shape index (κ3) is 7.11. The summed E-state index contributed by atoms with van der Waals surface area (Å²) < 4.78 is 4.53. The first-order valence-corrected chi connectivity index (χ1v) is 6.61. The summed E-state index contributed by atoms with van der Waals surface area (Å²) in [7, 11) is 0. The highest BCUT2D eigenvalue weighted by atomic mass is 16.5. The number of primary amides is 1. The van der Waals surface area contributed by atoms with Crippen LogP contribution in [-0.4, -0.2) is 37.7 Å². The third-order valence-electron chi connectivity index (χ3n) is 3.03. The number of hydrogen-bond donors (Lipinski definition) is 3. The number of carbonyl (C=O) groups is 2. The van der Waals surface area contributed by atoms with Gasteiger partial charge in [-0.05, 0) is 12.8 Å². The maximum absolute atomic E-state index is 11.6. The van der Waals surface area contributed by atoms with Crippen LogP contribution in [0.5, 0.6) is 0 Å². The Kier molecular flexibility index (Phi) is 7.17. The zero-order chi connectivity index (χ0) is 13.2. The lowest BCUT2D eigenvalue weighted by molar-refractivity contribution is -0.121. The lowest BCUT2D eigenvalue weighted by Crippen LogP contribution is -2.41. The number of amides is 2. The van der Waals surface area contributed by atoms with E-state index in [0.29, 0.717) is 12.6 Å². The fourth-order valence-electron chi connectivity index (χ4n) is 2.13. The van der Waals surface area contributed by atoms with Crippen molar-refractivity contribution in [2.45, 2.75) is 44.6 Å². The van der Waals surface area contributed by atoms with Gasteiger partial charge in [-0.3, -0.25) is 4.79 Å². The summed E-state index contributed by atoms with van der Waals surface area (Å²) in [6.07, 6.45) is 6.31. The Labute approximate surface area is 108 Å². The Bertz CT molecular complexity index is 263. The fraction of sp³-hybridized carbons (Fsp3) is 0.833. The highest BCUT2D eigenvalue weighted by molar-refractivity contribution is 5.78. The van der Waals surface area contributed by atoms with E-state index in [1.165, 1.54) is 25.7 Å². The maximum Gasteiger partial charge on any atom is 0.404 e. The molecule has 1 fully saturated rings. The van der Waals surface area contributed by atoms with Gasteiger partial charge in [-0.25, -0.2) is 4.79 Å². The molecule has 1 aliphatic carbocycles. The van der Waals surface area contributed by atoms with Crippen LogP contribution in [0, 0.1) is 0 Å². The standard InChI is InChI=1S/C12H23N3O3/c13-12(17)18-8-7-14-9-11(16)15-10-5-3-1-2-4-6-10/h10,14H,1-9H2,(H2,13,17)(H,15,16). The largest absolute Gasteiger partial charge is 0.448 e. The van der Waals surface area contributed by atoms with Gasteiger partial charge >= 0.3 is 6.09 Å². The molecule has 0 aromatic rings. The molecule has 18 heavy (non-hydrogen) atoms. The summed E-state index contributed by atoms with van der Waals surface area (Å²) in [6, 6.07) is 0.323. The van der Waals surface area contributed by atoms with Crippen LogP contribution in [0.3, 0.4) is 0 Å². The normalized spacial score (nSPS) is 16.9. The second kappa shape index (κ2) is 8.74. The molecule has 104 valence electrons. The Balaban J connectivity index is 2.03. The third-order valence-corrected chi connectivity index (χ3v) is 3.03. The molecule has 0 aromatic heterocycles. The van der Waals surface area contributed by atoms with Gasteiger partial charge in [-0.1, -0.05) is 25.7 Å². The Morgan fingerprint density at radius 3 is 2.44 bits per heavy atom. The van der Waals surface area contributed by atoms with Gasteiger partial charge in [0, 0.05) is 12.6 Å². The first-order valence-electron chi connectivity index (χ1n) is 6.61. The minimum atomic E-state index is -0.792. The van der Waals surface area contributed by atoms with Crippen LogP contribution < -0.4 is 16.4 Å². The van der Waals surface area contributed by atoms with Crippen molar-refractivity contribution in [2.75, 3.05) is 19.7 Å². The average molecular weight is 257 g/mol. The molecular formula is C12H23N3O3. The van der Waals surface area contributed by atoms with E-state index >= 15 is 0 Å². The maximum atomic E-state index is 11.6. The number of ether oxygens (including phenoxy) is 1. The van der Waals surface area contributed by atoms with Crippen molar-refractivity contribution in [1.82, 2.24) is 10.6 Å². The van der Waals surface area contributed by atoms with Gasteiger partial charge in [0.25, 0.3) is 0 Å². The van der Waals surface area contributed by atoms with Crippen molar-refractivity contribution in [2.24, 2.45) is 5.73 Å². The van der Waals surface area contributed by atoms with E-state index in [2.05, 4.69) is 15.4 Å². The van der Waals surface area contributed by atoms with Crippen LogP contribution >= 0.6 is 0 Å². The molecule has 1 rings (SSSR count). The lowest BCUT2D eigenvalue weighted by Gasteiger charge is -2.16. The van der Waals surface area contributed by atoms with Crippen molar-refractivity contribution in [3.05, 3.63) is 0 Å². The molecule has 6 heteroatoms. The van der Waals surface area contributed by atoms with Crippen LogP contribution in [0.25, 0.3) is 0 Å². The molecule has 2 amide bonds. The van der Waals surface area contributed by atoms with Gasteiger partial charge in [-0.15, -0.1) is 0 Å². The molecule has 0 bridgehead atoms. The molecule has 4 N–H and O–H groups in total. The summed E-state index contributed by atoms with van der Waals surface area (Å²) in [5.41, 5.74) is 4.80. The molecule has 0 spiro atoms. The van der Waals surface area contributed by atoms with Crippen LogP contribution in [0.4, 0.5) is 4.79 Å². The molecule has 0 aromatic carbocycles. The predicted octanol–water partition coefficient (Wildman–Crippen LogP) is 0.510. The Hall–Kier alpha value is -1.30. The number of carbonyl (C=O) groups excluding carboxylic acids is 2. The molecule has 0 saturated heterocycles. The molecule has 0 atom stereocenters. The SMILES string of the molecule is NC(=O)OCCNCC(=O)NC1CCCCCC1. The van der Waals surface area contributed by atoms with E-state index in [1.54, 1.807) is 0 Å². The van der Waals surface area contributed by atoms with E-state index in [-0.39, 0.29) is 19.1 Å². The number of nitrogens with one attached hydrogen (secondary N) is 2. The van der Waals surface area contributed by atoms with Gasteiger partial charge in [-0.2, -0.15) is 0 Å². The zero-order valence-electron chi connectivity index (χ0n) is 10.7. The molecule has 0 heterocycles. The molecule has 0 aliphatic heterocycles. The number of nitrogens with two attached hydrogens (primary N) is 1. The average Bonchev–Trinajstić information content (AvgIpc) is 2.56. The second-order valence-electron chi connectivity index (χ2n) is 4.60. The minimum absolute atomic E-state index is 0.000903. The predicted molar refractivity (Wildman–Crippen MR) is 68.0 cm³/mol.